The summed E-state index contributed by atoms with van der Waals surface area (Å²) in [4.78, 5) is 13.1. The largest absolute Gasteiger partial charge is 0.339 e. The summed E-state index contributed by atoms with van der Waals surface area (Å²) >= 11 is 0. The molecule has 0 unspecified atom stereocenters. The Morgan fingerprint density at radius 1 is 1.62 bits per heavy atom. The van der Waals surface area contributed by atoms with E-state index in [2.05, 4.69) is 5.32 Å². The molecule has 1 atom stereocenters. The van der Waals surface area contributed by atoms with E-state index in [1.807, 2.05) is 11.8 Å². The predicted molar refractivity (Wildman–Crippen MR) is 56.2 cm³/mol. The Morgan fingerprint density at radius 2 is 2.31 bits per heavy atom. The van der Waals surface area contributed by atoms with Gasteiger partial charge in [-0.05, 0) is 26.3 Å². The average Bonchev–Trinajstić information content (AvgIpc) is 2.07. The maximum atomic E-state index is 11.2. The number of amides is 1. The molecule has 1 aliphatic heterocycles. The molecule has 0 radical (unpaired) electrons. The molecule has 1 fully saturated rings. The van der Waals surface area contributed by atoms with E-state index in [0.29, 0.717) is 6.04 Å². The standard InChI is InChI=1S/C9H18N2O.ClH/c1-3-11(8(2)12)9-5-4-6-10-7-9;/h9-10H,3-7H2,1-2H3;1H/t9-;/m1./s1. The van der Waals surface area contributed by atoms with Crippen LogP contribution in [0.3, 0.4) is 0 Å². The van der Waals surface area contributed by atoms with Gasteiger partial charge in [-0.2, -0.15) is 0 Å². The van der Waals surface area contributed by atoms with Gasteiger partial charge in [0, 0.05) is 26.1 Å². The lowest BCUT2D eigenvalue weighted by atomic mass is 10.1. The van der Waals surface area contributed by atoms with Crippen molar-refractivity contribution in [2.45, 2.75) is 32.7 Å². The number of carbonyl (C=O) groups excluding carboxylic acids is 1. The molecule has 1 heterocycles. The zero-order valence-corrected chi connectivity index (χ0v) is 9.19. The lowest BCUT2D eigenvalue weighted by Gasteiger charge is -2.33. The Kier molecular flexibility index (Phi) is 6.08. The highest BCUT2D eigenvalue weighted by molar-refractivity contribution is 5.85. The van der Waals surface area contributed by atoms with Crippen LogP contribution >= 0.6 is 12.4 Å². The zero-order valence-electron chi connectivity index (χ0n) is 8.38. The third-order valence-electron chi connectivity index (χ3n) is 2.46. The SMILES string of the molecule is CCN(C(C)=O)[C@@H]1CCCNC1.Cl. The van der Waals surface area contributed by atoms with Crippen molar-refractivity contribution in [3.05, 3.63) is 0 Å². The number of hydrogen-bond acceptors (Lipinski definition) is 2. The van der Waals surface area contributed by atoms with Crippen LogP contribution in [0.15, 0.2) is 0 Å². The number of hydrogen-bond donors (Lipinski definition) is 1. The topological polar surface area (TPSA) is 32.3 Å². The van der Waals surface area contributed by atoms with Crippen LogP contribution in [-0.4, -0.2) is 36.5 Å². The summed E-state index contributed by atoms with van der Waals surface area (Å²) < 4.78 is 0. The maximum Gasteiger partial charge on any atom is 0.219 e. The van der Waals surface area contributed by atoms with Gasteiger partial charge < -0.3 is 10.2 Å². The molecular formula is C9H19ClN2O. The van der Waals surface area contributed by atoms with Gasteiger partial charge in [0.25, 0.3) is 0 Å². The normalized spacial score (nSPS) is 21.8. The number of nitrogens with one attached hydrogen (secondary N) is 1. The van der Waals surface area contributed by atoms with Crippen molar-refractivity contribution in [3.8, 4) is 0 Å². The van der Waals surface area contributed by atoms with Crippen LogP contribution < -0.4 is 5.32 Å². The molecule has 78 valence electrons. The van der Waals surface area contributed by atoms with Crippen molar-refractivity contribution in [1.82, 2.24) is 10.2 Å². The van der Waals surface area contributed by atoms with Crippen molar-refractivity contribution in [3.63, 3.8) is 0 Å². The molecule has 13 heavy (non-hydrogen) atoms. The van der Waals surface area contributed by atoms with Crippen LogP contribution in [-0.2, 0) is 4.79 Å². The Hall–Kier alpha value is -0.280. The van der Waals surface area contributed by atoms with E-state index >= 15 is 0 Å². The molecule has 1 aliphatic rings. The van der Waals surface area contributed by atoms with Crippen molar-refractivity contribution in [2.75, 3.05) is 19.6 Å². The van der Waals surface area contributed by atoms with Gasteiger partial charge in [-0.15, -0.1) is 12.4 Å². The maximum absolute atomic E-state index is 11.2. The van der Waals surface area contributed by atoms with Crippen LogP contribution in [0.2, 0.25) is 0 Å². The lowest BCUT2D eigenvalue weighted by molar-refractivity contribution is -0.131. The quantitative estimate of drug-likeness (QED) is 0.732. The second-order valence-electron chi connectivity index (χ2n) is 3.31. The van der Waals surface area contributed by atoms with Crippen LogP contribution in [0.1, 0.15) is 26.7 Å². The lowest BCUT2D eigenvalue weighted by Crippen LogP contribution is -2.47. The second kappa shape index (κ2) is 6.22. The van der Waals surface area contributed by atoms with Gasteiger partial charge in [0.15, 0.2) is 0 Å². The molecule has 4 heteroatoms. The van der Waals surface area contributed by atoms with Gasteiger partial charge in [0.05, 0.1) is 0 Å². The first-order valence-corrected chi connectivity index (χ1v) is 4.73. The van der Waals surface area contributed by atoms with E-state index in [1.54, 1.807) is 6.92 Å². The fourth-order valence-electron chi connectivity index (χ4n) is 1.84. The van der Waals surface area contributed by atoms with Crippen LogP contribution in [0.4, 0.5) is 0 Å². The Morgan fingerprint density at radius 3 is 2.69 bits per heavy atom. The fourth-order valence-corrected chi connectivity index (χ4v) is 1.84. The molecule has 0 aromatic rings. The third-order valence-corrected chi connectivity index (χ3v) is 2.46. The Bertz CT molecular complexity index is 158. The molecule has 0 bridgehead atoms. The highest BCUT2D eigenvalue weighted by Gasteiger charge is 2.20. The number of halogens is 1. The van der Waals surface area contributed by atoms with Crippen molar-refractivity contribution < 1.29 is 4.79 Å². The first-order chi connectivity index (χ1) is 5.75. The van der Waals surface area contributed by atoms with Gasteiger partial charge in [0.2, 0.25) is 5.91 Å². The first kappa shape index (κ1) is 12.7. The molecular weight excluding hydrogens is 188 g/mol. The molecule has 1 N–H and O–H groups in total. The van der Waals surface area contributed by atoms with E-state index in [4.69, 9.17) is 0 Å². The molecule has 3 nitrogen and oxygen atoms in total. The fraction of sp³-hybridized carbons (Fsp3) is 0.889. The van der Waals surface area contributed by atoms with Gasteiger partial charge in [-0.1, -0.05) is 0 Å². The van der Waals surface area contributed by atoms with E-state index in [0.717, 1.165) is 26.1 Å². The van der Waals surface area contributed by atoms with Crippen LogP contribution in [0.5, 0.6) is 0 Å². The van der Waals surface area contributed by atoms with E-state index in [1.165, 1.54) is 6.42 Å². The molecule has 1 saturated heterocycles. The number of piperidine rings is 1. The summed E-state index contributed by atoms with van der Waals surface area (Å²) in [6.45, 7) is 6.59. The highest BCUT2D eigenvalue weighted by Crippen LogP contribution is 2.09. The minimum absolute atomic E-state index is 0. The molecule has 0 spiro atoms. The molecule has 0 aromatic heterocycles. The third kappa shape index (κ3) is 3.53. The molecule has 1 rings (SSSR count). The Labute approximate surface area is 86.3 Å². The molecule has 1 amide bonds. The summed E-state index contributed by atoms with van der Waals surface area (Å²) in [6, 6.07) is 0.432. The summed E-state index contributed by atoms with van der Waals surface area (Å²) in [5.41, 5.74) is 0. The van der Waals surface area contributed by atoms with Crippen molar-refractivity contribution in [1.29, 1.82) is 0 Å². The van der Waals surface area contributed by atoms with E-state index in [9.17, 15) is 4.79 Å². The second-order valence-corrected chi connectivity index (χ2v) is 3.31. The molecule has 0 aliphatic carbocycles. The summed E-state index contributed by atoms with van der Waals surface area (Å²) in [7, 11) is 0. The predicted octanol–water partition coefficient (Wildman–Crippen LogP) is 1.03. The Balaban J connectivity index is 0.00000144. The van der Waals surface area contributed by atoms with Crippen LogP contribution in [0.25, 0.3) is 0 Å². The van der Waals surface area contributed by atoms with Crippen LogP contribution in [0, 0.1) is 0 Å². The molecule has 0 saturated carbocycles. The monoisotopic (exact) mass is 206 g/mol. The average molecular weight is 207 g/mol. The number of rotatable bonds is 2. The van der Waals surface area contributed by atoms with Gasteiger partial charge in [-0.25, -0.2) is 0 Å². The number of likely N-dealkylation sites (N-methyl/N-ethyl adjacent to an activating group) is 1. The number of carbonyl (C=O) groups is 1. The smallest absolute Gasteiger partial charge is 0.219 e. The minimum atomic E-state index is 0. The van der Waals surface area contributed by atoms with Gasteiger partial charge in [0.1, 0.15) is 0 Å². The molecule has 0 aromatic carbocycles. The summed E-state index contributed by atoms with van der Waals surface area (Å²) in [5, 5.41) is 3.31. The van der Waals surface area contributed by atoms with Gasteiger partial charge in [-0.3, -0.25) is 4.79 Å². The highest BCUT2D eigenvalue weighted by atomic mass is 35.5. The minimum Gasteiger partial charge on any atom is -0.339 e. The summed E-state index contributed by atoms with van der Waals surface area (Å²) in [6.07, 6.45) is 2.34. The van der Waals surface area contributed by atoms with E-state index in [-0.39, 0.29) is 18.3 Å². The van der Waals surface area contributed by atoms with Crippen molar-refractivity contribution in [2.24, 2.45) is 0 Å². The first-order valence-electron chi connectivity index (χ1n) is 4.73. The number of nitrogens with zero attached hydrogens (tertiary/aromatic N) is 1. The van der Waals surface area contributed by atoms with Gasteiger partial charge >= 0.3 is 0 Å². The summed E-state index contributed by atoms with van der Waals surface area (Å²) in [5.74, 6) is 0.200. The zero-order chi connectivity index (χ0) is 8.97. The van der Waals surface area contributed by atoms with E-state index < -0.39 is 0 Å². The van der Waals surface area contributed by atoms with Crippen molar-refractivity contribution >= 4 is 18.3 Å².